The molecule has 1 aromatic rings. The SMILES string of the molecule is CC(C(=O)O)N(CC(F)(F)F)c1ccc(C#N)c(Cl)c1. The number of anilines is 1. The lowest BCUT2D eigenvalue weighted by atomic mass is 10.1. The van der Waals surface area contributed by atoms with Crippen molar-refractivity contribution in [1.29, 1.82) is 5.26 Å². The summed E-state index contributed by atoms with van der Waals surface area (Å²) in [4.78, 5) is 11.6. The van der Waals surface area contributed by atoms with E-state index in [2.05, 4.69) is 0 Å². The molecular weight excluding hydrogens is 297 g/mol. The van der Waals surface area contributed by atoms with Crippen molar-refractivity contribution in [2.24, 2.45) is 0 Å². The predicted molar refractivity (Wildman–Crippen MR) is 66.7 cm³/mol. The quantitative estimate of drug-likeness (QED) is 0.928. The summed E-state index contributed by atoms with van der Waals surface area (Å²) < 4.78 is 37.6. The predicted octanol–water partition coefficient (Wildman–Crippen LogP) is 3.05. The van der Waals surface area contributed by atoms with Gasteiger partial charge in [0.25, 0.3) is 0 Å². The lowest BCUT2D eigenvalue weighted by Crippen LogP contribution is -2.44. The minimum Gasteiger partial charge on any atom is -0.480 e. The summed E-state index contributed by atoms with van der Waals surface area (Å²) in [5, 5.41) is 17.6. The van der Waals surface area contributed by atoms with Crippen molar-refractivity contribution in [3.8, 4) is 6.07 Å². The summed E-state index contributed by atoms with van der Waals surface area (Å²) in [6, 6.07) is 4.01. The van der Waals surface area contributed by atoms with Crippen molar-refractivity contribution in [3.63, 3.8) is 0 Å². The first-order valence-corrected chi connectivity index (χ1v) is 5.79. The molecule has 0 aromatic heterocycles. The Bertz CT molecular complexity index is 555. The number of aliphatic carboxylic acids is 1. The third-order valence-corrected chi connectivity index (χ3v) is 2.89. The molecule has 4 nitrogen and oxygen atoms in total. The molecule has 1 N–H and O–H groups in total. The summed E-state index contributed by atoms with van der Waals surface area (Å²) in [5.41, 5.74) is 0.0894. The van der Waals surface area contributed by atoms with E-state index in [1.807, 2.05) is 0 Å². The monoisotopic (exact) mass is 306 g/mol. The van der Waals surface area contributed by atoms with Crippen LogP contribution in [-0.4, -0.2) is 29.8 Å². The second-order valence-corrected chi connectivity index (χ2v) is 4.44. The number of nitrogens with zero attached hydrogens (tertiary/aromatic N) is 2. The van der Waals surface area contributed by atoms with Gasteiger partial charge in [0.05, 0.1) is 10.6 Å². The molecule has 0 heterocycles. The Morgan fingerprint density at radius 2 is 2.15 bits per heavy atom. The van der Waals surface area contributed by atoms with E-state index in [-0.39, 0.29) is 16.3 Å². The highest BCUT2D eigenvalue weighted by Crippen LogP contribution is 2.28. The number of carboxylic acids is 1. The van der Waals surface area contributed by atoms with Crippen LogP contribution < -0.4 is 4.90 Å². The van der Waals surface area contributed by atoms with Crippen molar-refractivity contribution in [1.82, 2.24) is 0 Å². The molecular formula is C12H10ClF3N2O2. The number of hydrogen-bond donors (Lipinski definition) is 1. The number of hydrogen-bond acceptors (Lipinski definition) is 3. The Morgan fingerprint density at radius 3 is 2.55 bits per heavy atom. The summed E-state index contributed by atoms with van der Waals surface area (Å²) in [6.45, 7) is -0.289. The maximum atomic E-state index is 12.5. The van der Waals surface area contributed by atoms with E-state index in [0.29, 0.717) is 4.90 Å². The lowest BCUT2D eigenvalue weighted by molar-refractivity contribution is -0.140. The summed E-state index contributed by atoms with van der Waals surface area (Å²) in [7, 11) is 0. The van der Waals surface area contributed by atoms with E-state index >= 15 is 0 Å². The first-order chi connectivity index (χ1) is 9.15. The van der Waals surface area contributed by atoms with Crippen LogP contribution in [0.5, 0.6) is 0 Å². The zero-order valence-corrected chi connectivity index (χ0v) is 11.0. The van der Waals surface area contributed by atoms with Crippen molar-refractivity contribution < 1.29 is 23.1 Å². The number of nitriles is 1. The van der Waals surface area contributed by atoms with Crippen LogP contribution in [0, 0.1) is 11.3 Å². The van der Waals surface area contributed by atoms with Gasteiger partial charge in [-0.1, -0.05) is 11.6 Å². The molecule has 0 saturated heterocycles. The summed E-state index contributed by atoms with van der Waals surface area (Å²) in [5.74, 6) is -1.39. The molecule has 1 unspecified atom stereocenters. The number of benzene rings is 1. The molecule has 0 amide bonds. The van der Waals surface area contributed by atoms with Crippen molar-refractivity contribution in [2.45, 2.75) is 19.1 Å². The second kappa shape index (κ2) is 6.01. The van der Waals surface area contributed by atoms with Gasteiger partial charge < -0.3 is 10.0 Å². The fraction of sp³-hybridized carbons (Fsp3) is 0.333. The number of carbonyl (C=O) groups is 1. The highest BCUT2D eigenvalue weighted by Gasteiger charge is 2.35. The fourth-order valence-corrected chi connectivity index (χ4v) is 1.77. The van der Waals surface area contributed by atoms with Crippen LogP contribution in [0.25, 0.3) is 0 Å². The standard InChI is InChI=1S/C12H10ClF3N2O2/c1-7(11(19)20)18(6-12(14,15)16)9-3-2-8(5-17)10(13)4-9/h2-4,7H,6H2,1H3,(H,19,20). The Kier molecular flexibility index (Phi) is 4.84. The van der Waals surface area contributed by atoms with Crippen LogP contribution in [0.3, 0.4) is 0 Å². The Morgan fingerprint density at radius 1 is 1.55 bits per heavy atom. The third-order valence-electron chi connectivity index (χ3n) is 2.58. The van der Waals surface area contributed by atoms with Gasteiger partial charge in [0.2, 0.25) is 0 Å². The molecule has 20 heavy (non-hydrogen) atoms. The van der Waals surface area contributed by atoms with Crippen LogP contribution in [0.2, 0.25) is 5.02 Å². The molecule has 0 fully saturated rings. The molecule has 0 bridgehead atoms. The van der Waals surface area contributed by atoms with Gasteiger partial charge in [0, 0.05) is 5.69 Å². The molecule has 1 aromatic carbocycles. The van der Waals surface area contributed by atoms with Gasteiger partial charge in [0.1, 0.15) is 18.7 Å². The largest absolute Gasteiger partial charge is 0.480 e. The van der Waals surface area contributed by atoms with Gasteiger partial charge in [-0.25, -0.2) is 4.79 Å². The molecule has 0 spiro atoms. The zero-order chi connectivity index (χ0) is 15.5. The van der Waals surface area contributed by atoms with E-state index in [4.69, 9.17) is 22.0 Å². The molecule has 1 atom stereocenters. The average molecular weight is 307 g/mol. The first kappa shape index (κ1) is 16.1. The first-order valence-electron chi connectivity index (χ1n) is 5.41. The zero-order valence-electron chi connectivity index (χ0n) is 10.3. The van der Waals surface area contributed by atoms with Gasteiger partial charge in [0.15, 0.2) is 0 Å². The Balaban J connectivity index is 3.20. The lowest BCUT2D eigenvalue weighted by Gasteiger charge is -2.29. The van der Waals surface area contributed by atoms with E-state index in [1.54, 1.807) is 6.07 Å². The third kappa shape index (κ3) is 4.03. The number of alkyl halides is 3. The van der Waals surface area contributed by atoms with Crippen molar-refractivity contribution in [2.75, 3.05) is 11.4 Å². The minimum absolute atomic E-state index is 0.0128. The second-order valence-electron chi connectivity index (χ2n) is 4.03. The number of rotatable bonds is 4. The van der Waals surface area contributed by atoms with E-state index in [9.17, 15) is 18.0 Å². The van der Waals surface area contributed by atoms with Crippen molar-refractivity contribution >= 4 is 23.3 Å². The molecule has 0 aliphatic rings. The topological polar surface area (TPSA) is 64.3 Å². The highest BCUT2D eigenvalue weighted by atomic mass is 35.5. The molecule has 0 radical (unpaired) electrons. The van der Waals surface area contributed by atoms with Gasteiger partial charge in [-0.2, -0.15) is 18.4 Å². The average Bonchev–Trinajstić information content (AvgIpc) is 2.33. The van der Waals surface area contributed by atoms with E-state index < -0.39 is 24.7 Å². The van der Waals surface area contributed by atoms with E-state index in [0.717, 1.165) is 13.0 Å². The minimum atomic E-state index is -4.57. The molecule has 0 saturated carbocycles. The summed E-state index contributed by atoms with van der Waals surface area (Å²) in [6.07, 6.45) is -4.57. The van der Waals surface area contributed by atoms with Gasteiger partial charge in [-0.3, -0.25) is 0 Å². The normalized spacial score (nSPS) is 12.6. The Labute approximate surface area is 118 Å². The maximum absolute atomic E-state index is 12.5. The molecule has 108 valence electrons. The van der Waals surface area contributed by atoms with Crippen molar-refractivity contribution in [3.05, 3.63) is 28.8 Å². The number of halogens is 4. The molecule has 1 rings (SSSR count). The van der Waals surface area contributed by atoms with Crippen LogP contribution >= 0.6 is 11.6 Å². The highest BCUT2D eigenvalue weighted by molar-refractivity contribution is 6.32. The van der Waals surface area contributed by atoms with Crippen LogP contribution in [0.15, 0.2) is 18.2 Å². The van der Waals surface area contributed by atoms with Crippen LogP contribution in [0.1, 0.15) is 12.5 Å². The smallest absolute Gasteiger partial charge is 0.405 e. The van der Waals surface area contributed by atoms with Crippen LogP contribution in [-0.2, 0) is 4.79 Å². The fourth-order valence-electron chi connectivity index (χ4n) is 1.55. The maximum Gasteiger partial charge on any atom is 0.405 e. The van der Waals surface area contributed by atoms with Crippen LogP contribution in [0.4, 0.5) is 18.9 Å². The van der Waals surface area contributed by atoms with Gasteiger partial charge in [-0.15, -0.1) is 0 Å². The Hall–Kier alpha value is -1.94. The van der Waals surface area contributed by atoms with E-state index in [1.165, 1.54) is 12.1 Å². The molecule has 8 heteroatoms. The van der Waals surface area contributed by atoms with Gasteiger partial charge in [-0.05, 0) is 25.1 Å². The number of carboxylic acid groups (broad SMARTS) is 1. The van der Waals surface area contributed by atoms with Gasteiger partial charge >= 0.3 is 12.1 Å². The summed E-state index contributed by atoms with van der Waals surface area (Å²) >= 11 is 5.75. The molecule has 0 aliphatic carbocycles. The molecule has 0 aliphatic heterocycles.